The van der Waals surface area contributed by atoms with E-state index in [1.807, 2.05) is 43.8 Å². The lowest BCUT2D eigenvalue weighted by molar-refractivity contribution is -0.126. The number of amides is 1. The van der Waals surface area contributed by atoms with E-state index in [2.05, 4.69) is 11.7 Å². The van der Waals surface area contributed by atoms with Gasteiger partial charge in [0.05, 0.1) is 16.6 Å². The van der Waals surface area contributed by atoms with Crippen LogP contribution in [-0.4, -0.2) is 27.1 Å². The van der Waals surface area contributed by atoms with E-state index < -0.39 is 0 Å². The highest BCUT2D eigenvalue weighted by molar-refractivity contribution is 7.16. The Morgan fingerprint density at radius 3 is 2.74 bits per heavy atom. The molecule has 2 rings (SSSR count). The quantitative estimate of drug-likeness (QED) is 0.584. The van der Waals surface area contributed by atoms with Crippen LogP contribution in [0.5, 0.6) is 0 Å². The highest BCUT2D eigenvalue weighted by Gasteiger charge is 2.12. The van der Waals surface area contributed by atoms with E-state index in [1.54, 1.807) is 17.1 Å². The highest BCUT2D eigenvalue weighted by Crippen LogP contribution is 2.23. The molecule has 0 N–H and O–H groups in total. The maximum atomic E-state index is 12.5. The summed E-state index contributed by atoms with van der Waals surface area (Å²) in [6, 6.07) is 3.78. The molecule has 0 spiro atoms. The molecule has 0 bridgehead atoms. The van der Waals surface area contributed by atoms with Crippen LogP contribution in [0.15, 0.2) is 30.9 Å². The average molecular weight is 350 g/mol. The zero-order valence-electron chi connectivity index (χ0n) is 13.5. The maximum absolute atomic E-state index is 12.5. The molecule has 1 amide bonds. The highest BCUT2D eigenvalue weighted by atomic mass is 35.5. The second-order valence-corrected chi connectivity index (χ2v) is 7.05. The van der Waals surface area contributed by atoms with Crippen LogP contribution < -0.4 is 0 Å². The van der Waals surface area contributed by atoms with Gasteiger partial charge in [-0.1, -0.05) is 17.7 Å². The number of thiophene rings is 1. The summed E-state index contributed by atoms with van der Waals surface area (Å²) in [4.78, 5) is 15.3. The normalized spacial score (nSPS) is 11.1. The van der Waals surface area contributed by atoms with Crippen LogP contribution in [0.4, 0.5) is 0 Å². The number of hydrogen-bond acceptors (Lipinski definition) is 3. The first kappa shape index (κ1) is 17.5. The predicted octanol–water partition coefficient (Wildman–Crippen LogP) is 3.98. The first-order chi connectivity index (χ1) is 10.9. The lowest BCUT2D eigenvalue weighted by Gasteiger charge is -2.18. The Bertz CT molecular complexity index is 745. The van der Waals surface area contributed by atoms with E-state index in [0.29, 0.717) is 13.1 Å². The summed E-state index contributed by atoms with van der Waals surface area (Å²) in [5, 5.41) is 4.35. The Morgan fingerprint density at radius 2 is 2.22 bits per heavy atom. The maximum Gasteiger partial charge on any atom is 0.247 e. The van der Waals surface area contributed by atoms with Crippen molar-refractivity contribution in [3.8, 4) is 0 Å². The molecule has 0 aliphatic carbocycles. The fraction of sp³-hybridized carbons (Fsp3) is 0.294. The van der Waals surface area contributed by atoms with Gasteiger partial charge < -0.3 is 4.90 Å². The van der Waals surface area contributed by atoms with Crippen molar-refractivity contribution in [3.63, 3.8) is 0 Å². The number of aryl methyl sites for hydroxylation is 2. The molecule has 6 heteroatoms. The van der Waals surface area contributed by atoms with Gasteiger partial charge in [0.1, 0.15) is 0 Å². The van der Waals surface area contributed by atoms with Gasteiger partial charge in [0.25, 0.3) is 0 Å². The standard InChI is InChI=1S/C17H20ClN3OS/c1-5-10-21(11-14-6-8-16(18)23-14)17(22)9-7-15-12(2)19-20(4)13(15)3/h5-9H,1,10-11H2,2-4H3/b9-7+. The molecule has 2 heterocycles. The average Bonchev–Trinajstić information content (AvgIpc) is 3.01. The molecule has 0 unspecified atom stereocenters. The minimum atomic E-state index is -0.0583. The predicted molar refractivity (Wildman–Crippen MR) is 96.7 cm³/mol. The summed E-state index contributed by atoms with van der Waals surface area (Å²) in [7, 11) is 1.89. The Kier molecular flexibility index (Phi) is 5.80. The van der Waals surface area contributed by atoms with Crippen LogP contribution in [-0.2, 0) is 18.4 Å². The minimum absolute atomic E-state index is 0.0583. The third kappa shape index (κ3) is 4.33. The summed E-state index contributed by atoms with van der Waals surface area (Å²) in [5.74, 6) is -0.0583. The third-order valence-corrected chi connectivity index (χ3v) is 4.81. The molecule has 2 aromatic rings. The largest absolute Gasteiger partial charge is 0.330 e. The van der Waals surface area contributed by atoms with Crippen molar-refractivity contribution in [1.82, 2.24) is 14.7 Å². The molecule has 0 saturated heterocycles. The molecule has 0 aromatic carbocycles. The summed E-state index contributed by atoms with van der Waals surface area (Å²) in [6.45, 7) is 8.66. The second-order valence-electron chi connectivity index (χ2n) is 5.25. The number of halogens is 1. The van der Waals surface area contributed by atoms with E-state index >= 15 is 0 Å². The minimum Gasteiger partial charge on any atom is -0.330 e. The number of carbonyl (C=O) groups is 1. The monoisotopic (exact) mass is 349 g/mol. The van der Waals surface area contributed by atoms with Crippen molar-refractivity contribution in [2.45, 2.75) is 20.4 Å². The van der Waals surface area contributed by atoms with Crippen LogP contribution in [0.25, 0.3) is 6.08 Å². The van der Waals surface area contributed by atoms with Gasteiger partial charge in [-0.05, 0) is 32.1 Å². The van der Waals surface area contributed by atoms with Gasteiger partial charge in [-0.15, -0.1) is 17.9 Å². The summed E-state index contributed by atoms with van der Waals surface area (Å²) >= 11 is 7.43. The van der Waals surface area contributed by atoms with Crippen LogP contribution in [0.1, 0.15) is 21.8 Å². The van der Waals surface area contributed by atoms with Gasteiger partial charge in [0, 0.05) is 35.8 Å². The SMILES string of the molecule is C=CCN(Cc1ccc(Cl)s1)C(=O)/C=C/c1c(C)nn(C)c1C. The van der Waals surface area contributed by atoms with Crippen molar-refractivity contribution in [1.29, 1.82) is 0 Å². The number of aromatic nitrogens is 2. The van der Waals surface area contributed by atoms with Gasteiger partial charge in [0.15, 0.2) is 0 Å². The molecule has 0 radical (unpaired) electrons. The molecule has 0 atom stereocenters. The summed E-state index contributed by atoms with van der Waals surface area (Å²) in [5.41, 5.74) is 2.93. The molecular weight excluding hydrogens is 330 g/mol. The molecule has 122 valence electrons. The third-order valence-electron chi connectivity index (χ3n) is 3.59. The molecule has 4 nitrogen and oxygen atoms in total. The molecule has 23 heavy (non-hydrogen) atoms. The molecule has 0 fully saturated rings. The van der Waals surface area contributed by atoms with Gasteiger partial charge >= 0.3 is 0 Å². The van der Waals surface area contributed by atoms with Gasteiger partial charge in [-0.3, -0.25) is 9.48 Å². The molecule has 0 saturated carbocycles. The topological polar surface area (TPSA) is 38.1 Å². The lowest BCUT2D eigenvalue weighted by atomic mass is 10.2. The molecule has 0 aliphatic heterocycles. The van der Waals surface area contributed by atoms with E-state index in [0.717, 1.165) is 26.2 Å². The number of nitrogens with zero attached hydrogens (tertiary/aromatic N) is 3. The second kappa shape index (κ2) is 7.62. The molecule has 0 aliphatic rings. The number of rotatable bonds is 6. The molecular formula is C17H20ClN3OS. The Labute approximate surface area is 145 Å². The van der Waals surface area contributed by atoms with Crippen LogP contribution in [0.3, 0.4) is 0 Å². The van der Waals surface area contributed by atoms with Crippen LogP contribution in [0, 0.1) is 13.8 Å². The molecule has 2 aromatic heterocycles. The first-order valence-electron chi connectivity index (χ1n) is 7.24. The Hall–Kier alpha value is -1.85. The summed E-state index contributed by atoms with van der Waals surface area (Å²) in [6.07, 6.45) is 5.15. The van der Waals surface area contributed by atoms with E-state index in [9.17, 15) is 4.79 Å². The van der Waals surface area contributed by atoms with E-state index in [4.69, 9.17) is 11.6 Å². The zero-order chi connectivity index (χ0) is 17.0. The number of carbonyl (C=O) groups excluding carboxylic acids is 1. The van der Waals surface area contributed by atoms with Crippen molar-refractivity contribution < 1.29 is 4.79 Å². The lowest BCUT2D eigenvalue weighted by Crippen LogP contribution is -2.28. The Balaban J connectivity index is 2.14. The van der Waals surface area contributed by atoms with Crippen molar-refractivity contribution in [2.24, 2.45) is 7.05 Å². The first-order valence-corrected chi connectivity index (χ1v) is 8.44. The summed E-state index contributed by atoms with van der Waals surface area (Å²) < 4.78 is 2.54. The van der Waals surface area contributed by atoms with Gasteiger partial charge in [0.2, 0.25) is 5.91 Å². The fourth-order valence-electron chi connectivity index (χ4n) is 2.30. The van der Waals surface area contributed by atoms with Gasteiger partial charge in [-0.2, -0.15) is 5.10 Å². The van der Waals surface area contributed by atoms with Crippen LogP contribution in [0.2, 0.25) is 4.34 Å². The van der Waals surface area contributed by atoms with Crippen molar-refractivity contribution in [3.05, 3.63) is 57.0 Å². The van der Waals surface area contributed by atoms with E-state index in [1.165, 1.54) is 11.3 Å². The van der Waals surface area contributed by atoms with Crippen molar-refractivity contribution >= 4 is 34.9 Å². The van der Waals surface area contributed by atoms with Crippen LogP contribution >= 0.6 is 22.9 Å². The Morgan fingerprint density at radius 1 is 1.48 bits per heavy atom. The number of hydrogen-bond donors (Lipinski definition) is 0. The van der Waals surface area contributed by atoms with Gasteiger partial charge in [-0.25, -0.2) is 0 Å². The zero-order valence-corrected chi connectivity index (χ0v) is 15.1. The smallest absolute Gasteiger partial charge is 0.247 e. The van der Waals surface area contributed by atoms with E-state index in [-0.39, 0.29) is 5.91 Å². The fourth-order valence-corrected chi connectivity index (χ4v) is 3.41. The van der Waals surface area contributed by atoms with Crippen molar-refractivity contribution in [2.75, 3.05) is 6.54 Å².